The van der Waals surface area contributed by atoms with Crippen LogP contribution in [0.5, 0.6) is 5.75 Å². The monoisotopic (exact) mass is 424 g/mol. The summed E-state index contributed by atoms with van der Waals surface area (Å²) in [6.07, 6.45) is 2.17. The summed E-state index contributed by atoms with van der Waals surface area (Å²) in [4.78, 5) is 17.1. The third kappa shape index (κ3) is 4.21. The number of benzene rings is 3. The molecule has 1 atom stereocenters. The molecule has 1 heterocycles. The van der Waals surface area contributed by atoms with Crippen LogP contribution in [0.4, 0.5) is 22.0 Å². The molecule has 2 amide bonds. The molecule has 0 unspecified atom stereocenters. The summed E-state index contributed by atoms with van der Waals surface area (Å²) in [6.45, 7) is 0. The van der Waals surface area contributed by atoms with E-state index in [1.54, 1.807) is 13.2 Å². The lowest BCUT2D eigenvalue weighted by molar-refractivity contribution is 0.262. The zero-order valence-electron chi connectivity index (χ0n) is 17.8. The van der Waals surface area contributed by atoms with E-state index in [1.165, 1.54) is 11.1 Å². The predicted molar refractivity (Wildman–Crippen MR) is 129 cm³/mol. The largest absolute Gasteiger partial charge is 0.497 e. The van der Waals surface area contributed by atoms with Crippen molar-refractivity contribution in [2.45, 2.75) is 18.9 Å². The van der Waals surface area contributed by atoms with Gasteiger partial charge in [0.15, 0.2) is 0 Å². The van der Waals surface area contributed by atoms with Crippen LogP contribution in [0.1, 0.15) is 23.6 Å². The fourth-order valence-electron chi connectivity index (χ4n) is 4.16. The highest BCUT2D eigenvalue weighted by Gasteiger charge is 2.21. The van der Waals surface area contributed by atoms with Gasteiger partial charge in [0.05, 0.1) is 18.7 Å². The highest BCUT2D eigenvalue weighted by atomic mass is 16.5. The maximum atomic E-state index is 12.4. The minimum Gasteiger partial charge on any atom is -0.497 e. The van der Waals surface area contributed by atoms with Crippen molar-refractivity contribution in [3.8, 4) is 5.75 Å². The average molecular weight is 425 g/mol. The second-order valence-electron chi connectivity index (χ2n) is 7.85. The van der Waals surface area contributed by atoms with Crippen molar-refractivity contribution < 1.29 is 9.53 Å². The van der Waals surface area contributed by atoms with Crippen LogP contribution in [0.2, 0.25) is 0 Å². The van der Waals surface area contributed by atoms with Crippen LogP contribution in [0.25, 0.3) is 10.9 Å². The SMILES string of the molecule is COc1cccc(NC(=O)Nc2ccc3nc(N[C@@H]4CCc5ccccc54)ccc3c2)c1. The van der Waals surface area contributed by atoms with Gasteiger partial charge in [0.2, 0.25) is 0 Å². The lowest BCUT2D eigenvalue weighted by Crippen LogP contribution is -2.19. The maximum absolute atomic E-state index is 12.4. The Kier molecular flexibility index (Phi) is 5.34. The van der Waals surface area contributed by atoms with Crippen molar-refractivity contribution in [2.75, 3.05) is 23.1 Å². The Balaban J connectivity index is 1.27. The van der Waals surface area contributed by atoms with Gasteiger partial charge in [-0.2, -0.15) is 0 Å². The smallest absolute Gasteiger partial charge is 0.323 e. The number of hydrogen-bond donors (Lipinski definition) is 3. The van der Waals surface area contributed by atoms with Gasteiger partial charge >= 0.3 is 6.03 Å². The van der Waals surface area contributed by atoms with Crippen LogP contribution in [0.15, 0.2) is 78.9 Å². The molecule has 1 aromatic heterocycles. The number of methoxy groups -OCH3 is 1. The second-order valence-corrected chi connectivity index (χ2v) is 7.85. The highest BCUT2D eigenvalue weighted by Crippen LogP contribution is 2.33. The Labute approximate surface area is 186 Å². The molecule has 0 spiro atoms. The molecule has 6 heteroatoms. The van der Waals surface area contributed by atoms with E-state index in [0.717, 1.165) is 29.6 Å². The van der Waals surface area contributed by atoms with E-state index in [0.29, 0.717) is 17.1 Å². The zero-order valence-corrected chi connectivity index (χ0v) is 17.8. The summed E-state index contributed by atoms with van der Waals surface area (Å²) in [7, 11) is 1.59. The average Bonchev–Trinajstić information content (AvgIpc) is 3.22. The van der Waals surface area contributed by atoms with Gasteiger partial charge in [-0.3, -0.25) is 0 Å². The van der Waals surface area contributed by atoms with Crippen molar-refractivity contribution in [1.29, 1.82) is 0 Å². The van der Waals surface area contributed by atoms with Gasteiger partial charge in [-0.15, -0.1) is 0 Å². The van der Waals surface area contributed by atoms with Crippen LogP contribution >= 0.6 is 0 Å². The minimum absolute atomic E-state index is 0.289. The summed E-state index contributed by atoms with van der Waals surface area (Å²) in [6, 6.07) is 25.5. The molecule has 0 aliphatic heterocycles. The van der Waals surface area contributed by atoms with Crippen LogP contribution in [0, 0.1) is 0 Å². The molecule has 0 saturated heterocycles. The van der Waals surface area contributed by atoms with Crippen LogP contribution in [-0.2, 0) is 6.42 Å². The number of aromatic nitrogens is 1. The Morgan fingerprint density at radius 2 is 1.78 bits per heavy atom. The van der Waals surface area contributed by atoms with E-state index in [-0.39, 0.29) is 12.1 Å². The normalized spacial score (nSPS) is 14.6. The summed E-state index contributed by atoms with van der Waals surface area (Å²) in [5.74, 6) is 1.54. The van der Waals surface area contributed by atoms with Crippen molar-refractivity contribution in [1.82, 2.24) is 4.98 Å². The molecule has 0 radical (unpaired) electrons. The number of hydrogen-bond acceptors (Lipinski definition) is 4. The third-order valence-electron chi connectivity index (χ3n) is 5.73. The van der Waals surface area contributed by atoms with E-state index < -0.39 is 0 Å². The number of urea groups is 1. The zero-order chi connectivity index (χ0) is 21.9. The number of ether oxygens (including phenoxy) is 1. The highest BCUT2D eigenvalue weighted by molar-refractivity contribution is 6.01. The molecule has 0 bridgehead atoms. The molecule has 6 nitrogen and oxygen atoms in total. The lowest BCUT2D eigenvalue weighted by atomic mass is 10.1. The van der Waals surface area contributed by atoms with Crippen molar-refractivity contribution in [3.63, 3.8) is 0 Å². The molecule has 0 fully saturated rings. The summed E-state index contributed by atoms with van der Waals surface area (Å²) in [5, 5.41) is 10.2. The summed E-state index contributed by atoms with van der Waals surface area (Å²) in [5.41, 5.74) is 5.00. The number of rotatable bonds is 5. The summed E-state index contributed by atoms with van der Waals surface area (Å²) < 4.78 is 5.19. The number of anilines is 3. The topological polar surface area (TPSA) is 75.3 Å². The molecule has 0 saturated carbocycles. The molecule has 3 aromatic carbocycles. The summed E-state index contributed by atoms with van der Waals surface area (Å²) >= 11 is 0. The van der Waals surface area contributed by atoms with Crippen LogP contribution in [0.3, 0.4) is 0 Å². The molecule has 1 aliphatic carbocycles. The molecule has 32 heavy (non-hydrogen) atoms. The van der Waals surface area contributed by atoms with E-state index in [9.17, 15) is 4.79 Å². The number of aryl methyl sites for hydroxylation is 1. The van der Waals surface area contributed by atoms with E-state index in [1.807, 2.05) is 48.5 Å². The number of pyridine rings is 1. The van der Waals surface area contributed by atoms with Gasteiger partial charge < -0.3 is 20.7 Å². The van der Waals surface area contributed by atoms with Gasteiger partial charge in [-0.1, -0.05) is 30.3 Å². The number of carbonyl (C=O) groups is 1. The molecular weight excluding hydrogens is 400 g/mol. The standard InChI is InChI=1S/C26H24N4O2/c1-32-21-7-4-6-19(16-21)27-26(31)28-20-11-13-23-18(15-20)10-14-25(29-23)30-24-12-9-17-5-2-3-8-22(17)24/h2-8,10-11,13-16,24H,9,12H2,1H3,(H,29,30)(H2,27,28,31)/t24-/m1/s1. The Morgan fingerprint density at radius 3 is 2.66 bits per heavy atom. The number of nitrogens with one attached hydrogen (secondary N) is 3. The van der Waals surface area contributed by atoms with E-state index >= 15 is 0 Å². The van der Waals surface area contributed by atoms with Crippen LogP contribution in [-0.4, -0.2) is 18.1 Å². The van der Waals surface area contributed by atoms with Gasteiger partial charge in [-0.25, -0.2) is 9.78 Å². The Morgan fingerprint density at radius 1 is 0.938 bits per heavy atom. The maximum Gasteiger partial charge on any atom is 0.323 e. The van der Waals surface area contributed by atoms with E-state index in [4.69, 9.17) is 9.72 Å². The van der Waals surface area contributed by atoms with Gasteiger partial charge in [0.25, 0.3) is 0 Å². The first-order valence-electron chi connectivity index (χ1n) is 10.7. The fraction of sp³-hybridized carbons (Fsp3) is 0.154. The van der Waals surface area contributed by atoms with E-state index in [2.05, 4.69) is 40.2 Å². The molecule has 5 rings (SSSR count). The third-order valence-corrected chi connectivity index (χ3v) is 5.73. The molecule has 1 aliphatic rings. The van der Waals surface area contributed by atoms with Crippen molar-refractivity contribution >= 4 is 34.1 Å². The van der Waals surface area contributed by atoms with Crippen LogP contribution < -0.4 is 20.7 Å². The first-order chi connectivity index (χ1) is 15.7. The number of nitrogens with zero attached hydrogens (tertiary/aromatic N) is 1. The van der Waals surface area contributed by atoms with Crippen molar-refractivity contribution in [2.24, 2.45) is 0 Å². The minimum atomic E-state index is -0.316. The quantitative estimate of drug-likeness (QED) is 0.368. The van der Waals surface area contributed by atoms with Gasteiger partial charge in [0.1, 0.15) is 11.6 Å². The van der Waals surface area contributed by atoms with Gasteiger partial charge in [0, 0.05) is 22.8 Å². The number of fused-ring (bicyclic) bond motifs is 2. The molecular formula is C26H24N4O2. The fourth-order valence-corrected chi connectivity index (χ4v) is 4.16. The Bertz CT molecular complexity index is 1290. The Hall–Kier alpha value is -4.06. The predicted octanol–water partition coefficient (Wildman–Crippen LogP) is 5.99. The number of amides is 2. The first-order valence-corrected chi connectivity index (χ1v) is 10.7. The van der Waals surface area contributed by atoms with Gasteiger partial charge in [-0.05, 0) is 66.4 Å². The molecule has 3 N–H and O–H groups in total. The second kappa shape index (κ2) is 8.59. The first kappa shape index (κ1) is 19.9. The van der Waals surface area contributed by atoms with Crippen molar-refractivity contribution in [3.05, 3.63) is 90.0 Å². The molecule has 4 aromatic rings. The lowest BCUT2D eigenvalue weighted by Gasteiger charge is -2.15. The number of carbonyl (C=O) groups excluding carboxylic acids is 1. The molecule has 160 valence electrons.